The summed E-state index contributed by atoms with van der Waals surface area (Å²) in [5, 5.41) is 18.3. The van der Waals surface area contributed by atoms with Gasteiger partial charge in [-0.3, -0.25) is 0 Å². The van der Waals surface area contributed by atoms with Crippen molar-refractivity contribution in [3.8, 4) is 0 Å². The van der Waals surface area contributed by atoms with Crippen molar-refractivity contribution in [1.82, 2.24) is 5.32 Å². The summed E-state index contributed by atoms with van der Waals surface area (Å²) in [4.78, 5) is 5.07. The molecule has 0 aliphatic carbocycles. The molecule has 0 spiro atoms. The van der Waals surface area contributed by atoms with Crippen LogP contribution >= 0.6 is 22.6 Å². The lowest BCUT2D eigenvalue weighted by Crippen LogP contribution is -2.50. The number of fused-ring (bicyclic) bond motifs is 2. The second-order valence-electron chi connectivity index (χ2n) is 6.23. The summed E-state index contributed by atoms with van der Waals surface area (Å²) in [5.41, 5.74) is 2.39. The van der Waals surface area contributed by atoms with Crippen LogP contribution in [-0.4, -0.2) is 36.1 Å². The van der Waals surface area contributed by atoms with Gasteiger partial charge in [-0.2, -0.15) is 0 Å². The number of hydrogen-bond donors (Lipinski definition) is 2. The minimum atomic E-state index is -0.294. The number of aliphatic hydroxyl groups is 1. The van der Waals surface area contributed by atoms with Crippen molar-refractivity contribution in [3.63, 3.8) is 0 Å². The largest absolute Gasteiger partial charge is 0.399 e. The highest BCUT2D eigenvalue weighted by atomic mass is 127. The maximum atomic E-state index is 10.4. The molecule has 1 aromatic rings. The molecule has 5 heteroatoms. The van der Waals surface area contributed by atoms with Crippen molar-refractivity contribution < 1.29 is 9.94 Å². The Hall–Kier alpha value is -0.660. The van der Waals surface area contributed by atoms with Crippen LogP contribution in [-0.2, 0) is 4.84 Å². The summed E-state index contributed by atoms with van der Waals surface area (Å²) in [6.07, 6.45) is 2.43. The minimum absolute atomic E-state index is 0.0804. The van der Waals surface area contributed by atoms with E-state index in [1.807, 2.05) is 0 Å². The van der Waals surface area contributed by atoms with Crippen molar-refractivity contribution >= 4 is 28.3 Å². The van der Waals surface area contributed by atoms with Gasteiger partial charge in [0.2, 0.25) is 0 Å². The van der Waals surface area contributed by atoms with E-state index >= 15 is 0 Å². The van der Waals surface area contributed by atoms with Gasteiger partial charge in [-0.1, -0.05) is 24.2 Å². The van der Waals surface area contributed by atoms with Crippen molar-refractivity contribution in [2.24, 2.45) is 11.1 Å². The normalized spacial score (nSPS) is 34.7. The highest BCUT2D eigenvalue weighted by molar-refractivity contribution is 14.1. The molecule has 2 unspecified atom stereocenters. The quantitative estimate of drug-likeness (QED) is 0.453. The van der Waals surface area contributed by atoms with E-state index in [4.69, 9.17) is 4.84 Å². The number of benzene rings is 1. The van der Waals surface area contributed by atoms with E-state index < -0.39 is 0 Å². The van der Waals surface area contributed by atoms with Crippen molar-refractivity contribution in [3.05, 3.63) is 33.4 Å². The second-order valence-corrected chi connectivity index (χ2v) is 7.48. The van der Waals surface area contributed by atoms with Gasteiger partial charge < -0.3 is 15.3 Å². The summed E-state index contributed by atoms with van der Waals surface area (Å²) >= 11 is 2.33. The molecule has 4 nitrogen and oxygen atoms in total. The molecule has 2 aliphatic rings. The Balaban J connectivity index is 1.98. The van der Waals surface area contributed by atoms with Crippen LogP contribution < -0.4 is 5.32 Å². The third kappa shape index (κ3) is 3.03. The maximum Gasteiger partial charge on any atom is 0.106 e. The Kier molecular flexibility index (Phi) is 5.04. The van der Waals surface area contributed by atoms with E-state index in [1.54, 1.807) is 7.11 Å². The molecule has 2 N–H and O–H groups in total. The second kappa shape index (κ2) is 6.84. The number of aliphatic hydroxyl groups excluding tert-OH is 1. The van der Waals surface area contributed by atoms with Gasteiger partial charge in [-0.25, -0.2) is 0 Å². The van der Waals surface area contributed by atoms with Gasteiger partial charge >= 0.3 is 0 Å². The van der Waals surface area contributed by atoms with Crippen LogP contribution in [0, 0.1) is 9.49 Å². The van der Waals surface area contributed by atoms with Gasteiger partial charge in [0.15, 0.2) is 0 Å². The third-order valence-corrected chi connectivity index (χ3v) is 5.70. The van der Waals surface area contributed by atoms with Crippen LogP contribution in [0.1, 0.15) is 37.7 Å². The molecular formula is C17H23IN2O2. The Morgan fingerprint density at radius 1 is 1.36 bits per heavy atom. The average Bonchev–Trinajstić information content (AvgIpc) is 2.81. The molecule has 22 heavy (non-hydrogen) atoms. The first kappa shape index (κ1) is 16.2. The molecule has 5 atom stereocenters. The molecule has 0 amide bonds. The Labute approximate surface area is 145 Å². The summed E-state index contributed by atoms with van der Waals surface area (Å²) in [6.45, 7) is 2.11. The monoisotopic (exact) mass is 414 g/mol. The fraction of sp³-hybridized carbons (Fsp3) is 0.588. The lowest BCUT2D eigenvalue weighted by molar-refractivity contribution is 0.136. The molecule has 1 aromatic carbocycles. The minimum Gasteiger partial charge on any atom is -0.399 e. The number of rotatable bonds is 4. The van der Waals surface area contributed by atoms with Gasteiger partial charge in [-0.05, 0) is 65.5 Å². The molecule has 120 valence electrons. The van der Waals surface area contributed by atoms with E-state index in [9.17, 15) is 5.11 Å². The molecule has 2 aliphatic heterocycles. The fourth-order valence-electron chi connectivity index (χ4n) is 4.07. The van der Waals surface area contributed by atoms with Crippen molar-refractivity contribution in [2.45, 2.75) is 50.3 Å². The van der Waals surface area contributed by atoms with Gasteiger partial charge in [0, 0.05) is 21.6 Å². The van der Waals surface area contributed by atoms with E-state index in [2.05, 4.69) is 64.3 Å². The summed E-state index contributed by atoms with van der Waals surface area (Å²) < 4.78 is 1.25. The molecule has 2 saturated heterocycles. The van der Waals surface area contributed by atoms with E-state index in [-0.39, 0.29) is 18.1 Å². The van der Waals surface area contributed by atoms with Crippen molar-refractivity contribution in [1.29, 1.82) is 0 Å². The molecule has 3 rings (SSSR count). The van der Waals surface area contributed by atoms with Crippen LogP contribution in [0.5, 0.6) is 0 Å². The maximum absolute atomic E-state index is 10.4. The smallest absolute Gasteiger partial charge is 0.106 e. The zero-order chi connectivity index (χ0) is 15.7. The van der Waals surface area contributed by atoms with Crippen LogP contribution in [0.3, 0.4) is 0 Å². The van der Waals surface area contributed by atoms with Gasteiger partial charge in [0.25, 0.3) is 0 Å². The molecule has 2 bridgehead atoms. The molecule has 0 aromatic heterocycles. The highest BCUT2D eigenvalue weighted by Crippen LogP contribution is 2.43. The number of nitrogens with zero attached hydrogens (tertiary/aromatic N) is 1. The molecule has 0 radical (unpaired) electrons. The molecule has 2 heterocycles. The standard InChI is InChI=1S/C17H23IN2O2/c1-3-14(20-22-2)16-13(10-4-6-11(18)7-5-10)8-12-9-15(21)17(16)19-12/h4-7,12-13,15-17,19,21H,3,8-9H2,1-2H3/t12?,13-,15?,16-,17-/m1/s1. The number of oxime groups is 1. The number of nitrogens with one attached hydrogen (secondary N) is 1. The number of hydrogen-bond acceptors (Lipinski definition) is 4. The molecule has 2 fully saturated rings. The Morgan fingerprint density at radius 3 is 2.73 bits per heavy atom. The zero-order valence-electron chi connectivity index (χ0n) is 13.0. The fourth-order valence-corrected chi connectivity index (χ4v) is 4.43. The first-order valence-corrected chi connectivity index (χ1v) is 9.01. The molecule has 0 saturated carbocycles. The average molecular weight is 414 g/mol. The predicted octanol–water partition coefficient (Wildman–Crippen LogP) is 2.90. The van der Waals surface area contributed by atoms with Crippen LogP contribution in [0.15, 0.2) is 29.4 Å². The Morgan fingerprint density at radius 2 is 2.09 bits per heavy atom. The summed E-state index contributed by atoms with van der Waals surface area (Å²) in [6, 6.07) is 9.24. The first-order chi connectivity index (χ1) is 10.6. The van der Waals surface area contributed by atoms with Gasteiger partial charge in [0.05, 0.1) is 11.8 Å². The summed E-state index contributed by atoms with van der Waals surface area (Å²) in [7, 11) is 1.60. The van der Waals surface area contributed by atoms with Crippen molar-refractivity contribution in [2.75, 3.05) is 7.11 Å². The van der Waals surface area contributed by atoms with Crippen LogP contribution in [0.25, 0.3) is 0 Å². The first-order valence-electron chi connectivity index (χ1n) is 7.93. The number of piperidine rings is 1. The molecular weight excluding hydrogens is 391 g/mol. The topological polar surface area (TPSA) is 53.9 Å². The SMILES string of the molecule is CCC(=NOC)[C@H]1[C@@H](c2ccc(I)cc2)CC2CC(O)[C@H]1N2. The van der Waals surface area contributed by atoms with E-state index in [0.29, 0.717) is 12.0 Å². The highest BCUT2D eigenvalue weighted by Gasteiger charge is 2.48. The predicted molar refractivity (Wildman–Crippen MR) is 96.1 cm³/mol. The van der Waals surface area contributed by atoms with Gasteiger partial charge in [-0.15, -0.1) is 0 Å². The van der Waals surface area contributed by atoms with Crippen LogP contribution in [0.2, 0.25) is 0 Å². The lowest BCUT2D eigenvalue weighted by atomic mass is 9.73. The Bertz CT molecular complexity index is 546. The summed E-state index contributed by atoms with van der Waals surface area (Å²) in [5.74, 6) is 0.581. The van der Waals surface area contributed by atoms with E-state index in [0.717, 1.165) is 25.0 Å². The van der Waals surface area contributed by atoms with Crippen LogP contribution in [0.4, 0.5) is 0 Å². The number of halogens is 1. The van der Waals surface area contributed by atoms with Gasteiger partial charge in [0.1, 0.15) is 7.11 Å². The zero-order valence-corrected chi connectivity index (χ0v) is 15.2. The third-order valence-electron chi connectivity index (χ3n) is 4.98. The van der Waals surface area contributed by atoms with E-state index in [1.165, 1.54) is 9.13 Å². The lowest BCUT2D eigenvalue weighted by Gasteiger charge is -2.38.